The summed E-state index contributed by atoms with van der Waals surface area (Å²) in [5.41, 5.74) is 1.52. The molecule has 0 radical (unpaired) electrons. The summed E-state index contributed by atoms with van der Waals surface area (Å²) in [7, 11) is 0. The van der Waals surface area contributed by atoms with Gasteiger partial charge in [-0.3, -0.25) is 14.3 Å². The molecule has 284 valence electrons. The number of hydrogen-bond acceptors (Lipinski definition) is 8. The number of pyridine rings is 1. The Kier molecular flexibility index (Phi) is 8.61. The van der Waals surface area contributed by atoms with Crippen LogP contribution in [-0.2, 0) is 13.2 Å². The second kappa shape index (κ2) is 13.8. The van der Waals surface area contributed by atoms with Gasteiger partial charge in [0.1, 0.15) is 23.7 Å². The monoisotopic (exact) mass is 756 g/mol. The van der Waals surface area contributed by atoms with Crippen LogP contribution in [0.3, 0.4) is 0 Å². The summed E-state index contributed by atoms with van der Waals surface area (Å²) in [6.07, 6.45) is 8.50. The molecular weight excluding hydrogens is 720 g/mol. The molecule has 1 aliphatic heterocycles. The molecule has 15 nitrogen and oxygen atoms in total. The zero-order chi connectivity index (χ0) is 38.7. The number of aromatic nitrogens is 8. The first-order valence-corrected chi connectivity index (χ1v) is 18.4. The first kappa shape index (κ1) is 34.9. The highest BCUT2D eigenvalue weighted by Crippen LogP contribution is 2.38. The Labute approximate surface area is 317 Å². The minimum absolute atomic E-state index is 0.0481. The third-order valence-corrected chi connectivity index (χ3v) is 10.6. The lowest BCUT2D eigenvalue weighted by Crippen LogP contribution is -2.48. The van der Waals surface area contributed by atoms with E-state index < -0.39 is 17.2 Å². The van der Waals surface area contributed by atoms with E-state index in [0.29, 0.717) is 54.7 Å². The standard InChI is InChI=1S/C40H37FN10O5/c1-25-43-49(39(55)47(25)14-13-26-21-42-33-10-6-5-9-29(26)33)23-36-44-50(40(56)51(36)28-7-3-2-4-8-28)24-45-15-17-46(18-16-45)35-20-34-30(19-32(35)41)37(52)31(38(53)54)22-48(34)27-11-12-27/h2-10,13-14,19-22,27,42H,11-12,15-18,23-24H2,1H3,(H,53,54)/b14-13-. The maximum absolute atomic E-state index is 15.6. The maximum Gasteiger partial charge on any atom is 0.351 e. The molecule has 0 amide bonds. The maximum atomic E-state index is 15.6. The highest BCUT2D eigenvalue weighted by Gasteiger charge is 2.29. The lowest BCUT2D eigenvalue weighted by Gasteiger charge is -2.36. The number of carboxylic acids is 1. The van der Waals surface area contributed by atoms with E-state index in [2.05, 4.69) is 10.1 Å². The van der Waals surface area contributed by atoms with Crippen LogP contribution in [-0.4, -0.2) is 80.4 Å². The van der Waals surface area contributed by atoms with Gasteiger partial charge in [0, 0.05) is 72.7 Å². The number of benzene rings is 3. The average Bonchev–Trinajstić information content (AvgIpc) is 3.82. The second-order valence-corrected chi connectivity index (χ2v) is 14.2. The number of carbonyl (C=O) groups is 1. The van der Waals surface area contributed by atoms with Crippen molar-refractivity contribution in [2.75, 3.05) is 31.1 Å². The van der Waals surface area contributed by atoms with Gasteiger partial charge in [-0.2, -0.15) is 14.9 Å². The van der Waals surface area contributed by atoms with Gasteiger partial charge in [0.25, 0.3) is 0 Å². The van der Waals surface area contributed by atoms with Gasteiger partial charge in [-0.05, 0) is 56.2 Å². The third-order valence-electron chi connectivity index (χ3n) is 10.6. The molecule has 0 bridgehead atoms. The summed E-state index contributed by atoms with van der Waals surface area (Å²) >= 11 is 0. The van der Waals surface area contributed by atoms with E-state index in [1.54, 1.807) is 35.9 Å². The number of para-hydroxylation sites is 2. The fourth-order valence-electron chi connectivity index (χ4n) is 7.54. The molecule has 56 heavy (non-hydrogen) atoms. The number of rotatable bonds is 10. The highest BCUT2D eigenvalue weighted by atomic mass is 19.1. The number of halogens is 1. The van der Waals surface area contributed by atoms with E-state index in [4.69, 9.17) is 5.10 Å². The lowest BCUT2D eigenvalue weighted by atomic mass is 10.1. The number of H-pyrrole nitrogens is 1. The van der Waals surface area contributed by atoms with Crippen LogP contribution in [0.1, 0.15) is 46.5 Å². The Bertz CT molecular complexity index is 2870. The van der Waals surface area contributed by atoms with Crippen molar-refractivity contribution >= 4 is 45.7 Å². The van der Waals surface area contributed by atoms with Gasteiger partial charge >= 0.3 is 17.3 Å². The van der Waals surface area contributed by atoms with Crippen LogP contribution < -0.4 is 21.7 Å². The van der Waals surface area contributed by atoms with Crippen LogP contribution in [0.4, 0.5) is 10.1 Å². The van der Waals surface area contributed by atoms with Gasteiger partial charge in [0.2, 0.25) is 5.43 Å². The Balaban J connectivity index is 0.960. The van der Waals surface area contributed by atoms with E-state index in [1.807, 2.05) is 64.5 Å². The van der Waals surface area contributed by atoms with Gasteiger partial charge in [-0.25, -0.2) is 28.0 Å². The molecule has 3 aromatic carbocycles. The van der Waals surface area contributed by atoms with Crippen molar-refractivity contribution < 1.29 is 14.3 Å². The Hall–Kier alpha value is -6.81. The molecule has 16 heteroatoms. The molecule has 1 saturated carbocycles. The zero-order valence-corrected chi connectivity index (χ0v) is 30.4. The molecule has 4 aromatic heterocycles. The summed E-state index contributed by atoms with van der Waals surface area (Å²) in [5.74, 6) is -1.13. The summed E-state index contributed by atoms with van der Waals surface area (Å²) in [6.45, 7) is 3.68. The summed E-state index contributed by atoms with van der Waals surface area (Å²) < 4.78 is 23.0. The largest absolute Gasteiger partial charge is 0.477 e. The Morgan fingerprint density at radius 3 is 2.43 bits per heavy atom. The minimum atomic E-state index is -1.34. The molecule has 2 N–H and O–H groups in total. The van der Waals surface area contributed by atoms with Crippen molar-refractivity contribution in [2.24, 2.45) is 0 Å². The van der Waals surface area contributed by atoms with E-state index >= 15 is 4.39 Å². The molecule has 7 aromatic rings. The highest BCUT2D eigenvalue weighted by molar-refractivity contribution is 5.94. The van der Waals surface area contributed by atoms with Crippen LogP contribution in [0.25, 0.3) is 39.8 Å². The van der Waals surface area contributed by atoms with Crippen molar-refractivity contribution in [3.63, 3.8) is 0 Å². The normalized spacial score (nSPS) is 15.1. The number of piperazine rings is 1. The number of aromatic carboxylic acids is 1. The number of hydrogen-bond donors (Lipinski definition) is 2. The van der Waals surface area contributed by atoms with E-state index in [9.17, 15) is 24.3 Å². The predicted molar refractivity (Wildman–Crippen MR) is 209 cm³/mol. The van der Waals surface area contributed by atoms with Crippen LogP contribution in [0.2, 0.25) is 0 Å². The average molecular weight is 757 g/mol. The topological polar surface area (TPSA) is 161 Å². The molecule has 1 aliphatic carbocycles. The molecule has 2 fully saturated rings. The first-order chi connectivity index (χ1) is 27.1. The van der Waals surface area contributed by atoms with Crippen molar-refractivity contribution in [3.8, 4) is 5.69 Å². The number of aromatic amines is 1. The number of nitrogens with one attached hydrogen (secondary N) is 1. The summed E-state index contributed by atoms with van der Waals surface area (Å²) in [6, 6.07) is 19.9. The number of anilines is 1. The molecule has 0 spiro atoms. The van der Waals surface area contributed by atoms with Crippen LogP contribution >= 0.6 is 0 Å². The van der Waals surface area contributed by atoms with Gasteiger partial charge in [0.05, 0.1) is 23.6 Å². The molecule has 9 rings (SSSR count). The van der Waals surface area contributed by atoms with E-state index in [-0.39, 0.29) is 41.6 Å². The lowest BCUT2D eigenvalue weighted by molar-refractivity contribution is 0.0694. The fraction of sp³-hybridized carbons (Fsp3) is 0.250. The number of aryl methyl sites for hydroxylation is 1. The fourth-order valence-corrected chi connectivity index (χ4v) is 7.54. The SMILES string of the molecule is Cc1nn(Cc2nn(CN3CCN(c4cc5c(cc4F)c(=O)c(C(=O)O)cn5C4CC4)CC3)c(=O)n2-c2ccccc2)c(=O)n1/C=C\c1c[nH]c2ccccc12. The summed E-state index contributed by atoms with van der Waals surface area (Å²) in [5, 5.41) is 19.9. The number of nitrogens with zero attached hydrogens (tertiary/aromatic N) is 9. The van der Waals surface area contributed by atoms with Crippen molar-refractivity contribution in [2.45, 2.75) is 39.0 Å². The smallest absolute Gasteiger partial charge is 0.351 e. The van der Waals surface area contributed by atoms with Gasteiger partial charge < -0.3 is 19.6 Å². The molecular formula is C40H37FN10O5. The molecule has 2 aliphatic rings. The van der Waals surface area contributed by atoms with E-state index in [0.717, 1.165) is 35.4 Å². The Morgan fingerprint density at radius 1 is 0.929 bits per heavy atom. The predicted octanol–water partition coefficient (Wildman–Crippen LogP) is 4.12. The minimum Gasteiger partial charge on any atom is -0.477 e. The third kappa shape index (κ3) is 6.22. The van der Waals surface area contributed by atoms with Crippen molar-refractivity contribution in [3.05, 3.63) is 139 Å². The molecule has 0 unspecified atom stereocenters. The molecule has 1 saturated heterocycles. The second-order valence-electron chi connectivity index (χ2n) is 14.2. The summed E-state index contributed by atoms with van der Waals surface area (Å²) in [4.78, 5) is 59.5. The zero-order valence-electron chi connectivity index (χ0n) is 30.4. The van der Waals surface area contributed by atoms with Crippen LogP contribution in [0.5, 0.6) is 0 Å². The van der Waals surface area contributed by atoms with E-state index in [1.165, 1.54) is 24.7 Å². The molecule has 5 heterocycles. The van der Waals surface area contributed by atoms with Crippen LogP contribution in [0, 0.1) is 12.7 Å². The van der Waals surface area contributed by atoms with Crippen LogP contribution in [0.15, 0.2) is 93.5 Å². The molecule has 0 atom stereocenters. The van der Waals surface area contributed by atoms with Gasteiger partial charge in [-0.1, -0.05) is 36.4 Å². The van der Waals surface area contributed by atoms with Crippen molar-refractivity contribution in [1.29, 1.82) is 0 Å². The number of carboxylic acid groups (broad SMARTS) is 1. The van der Waals surface area contributed by atoms with Crippen molar-refractivity contribution in [1.82, 2.24) is 43.1 Å². The van der Waals surface area contributed by atoms with Gasteiger partial charge in [0.15, 0.2) is 5.82 Å². The quantitative estimate of drug-likeness (QED) is 0.209. The first-order valence-electron chi connectivity index (χ1n) is 18.4. The van der Waals surface area contributed by atoms with Gasteiger partial charge in [-0.15, -0.1) is 0 Å². The number of fused-ring (bicyclic) bond motifs is 2. The Morgan fingerprint density at radius 2 is 1.68 bits per heavy atom.